The maximum atomic E-state index is 12.3. The monoisotopic (exact) mass is 345 g/mol. The third-order valence-electron chi connectivity index (χ3n) is 4.06. The van der Waals surface area contributed by atoms with E-state index < -0.39 is 6.10 Å². The molecule has 24 heavy (non-hydrogen) atoms. The summed E-state index contributed by atoms with van der Waals surface area (Å²) >= 11 is 6.00. The standard InChI is InChI=1S/C20H24ClNO2/c1-5-16-6-8-17(9-7-16)14(3)22-20(23)15(4)24-18-10-11-19(21)13(2)12-18/h6-12,14-15H,5H2,1-4H3,(H,22,23)/t14-,15-/m1/s1. The summed E-state index contributed by atoms with van der Waals surface area (Å²) in [5.41, 5.74) is 3.29. The van der Waals surface area contributed by atoms with Crippen LogP contribution in [0.5, 0.6) is 5.75 Å². The number of aryl methyl sites for hydroxylation is 2. The van der Waals surface area contributed by atoms with Crippen LogP contribution in [-0.2, 0) is 11.2 Å². The van der Waals surface area contributed by atoms with Crippen molar-refractivity contribution in [1.29, 1.82) is 0 Å². The molecule has 2 atom stereocenters. The van der Waals surface area contributed by atoms with Crippen LogP contribution in [0.25, 0.3) is 0 Å². The van der Waals surface area contributed by atoms with Crippen molar-refractivity contribution in [3.63, 3.8) is 0 Å². The molecule has 0 bridgehead atoms. The molecule has 128 valence electrons. The molecule has 0 aliphatic rings. The second-order valence-electron chi connectivity index (χ2n) is 6.00. The zero-order chi connectivity index (χ0) is 17.7. The number of carbonyl (C=O) groups is 1. The number of ether oxygens (including phenoxy) is 1. The number of hydrogen-bond acceptors (Lipinski definition) is 2. The Labute approximate surface area is 149 Å². The molecule has 2 aromatic rings. The van der Waals surface area contributed by atoms with E-state index in [2.05, 4.69) is 36.5 Å². The van der Waals surface area contributed by atoms with Crippen LogP contribution < -0.4 is 10.1 Å². The Hall–Kier alpha value is -2.00. The molecule has 0 aliphatic heterocycles. The van der Waals surface area contributed by atoms with Crippen LogP contribution in [0.2, 0.25) is 5.02 Å². The maximum absolute atomic E-state index is 12.3. The molecule has 0 saturated heterocycles. The van der Waals surface area contributed by atoms with E-state index in [-0.39, 0.29) is 11.9 Å². The van der Waals surface area contributed by atoms with Gasteiger partial charge in [0, 0.05) is 5.02 Å². The molecule has 0 fully saturated rings. The summed E-state index contributed by atoms with van der Waals surface area (Å²) in [5.74, 6) is 0.495. The molecule has 0 aliphatic carbocycles. The van der Waals surface area contributed by atoms with E-state index in [1.165, 1.54) is 5.56 Å². The third-order valence-corrected chi connectivity index (χ3v) is 4.48. The molecule has 0 spiro atoms. The average molecular weight is 346 g/mol. The van der Waals surface area contributed by atoms with Gasteiger partial charge in [0.15, 0.2) is 6.10 Å². The highest BCUT2D eigenvalue weighted by molar-refractivity contribution is 6.31. The summed E-state index contributed by atoms with van der Waals surface area (Å²) in [6, 6.07) is 13.6. The van der Waals surface area contributed by atoms with Gasteiger partial charge in [0.05, 0.1) is 6.04 Å². The van der Waals surface area contributed by atoms with Crippen LogP contribution in [-0.4, -0.2) is 12.0 Å². The maximum Gasteiger partial charge on any atom is 0.261 e. The first-order valence-corrected chi connectivity index (χ1v) is 8.60. The van der Waals surface area contributed by atoms with Gasteiger partial charge in [0.1, 0.15) is 5.75 Å². The van der Waals surface area contributed by atoms with Gasteiger partial charge in [0.2, 0.25) is 0 Å². The summed E-state index contributed by atoms with van der Waals surface area (Å²) in [6.07, 6.45) is 0.426. The smallest absolute Gasteiger partial charge is 0.261 e. The summed E-state index contributed by atoms with van der Waals surface area (Å²) in [5, 5.41) is 3.67. The fourth-order valence-corrected chi connectivity index (χ4v) is 2.52. The van der Waals surface area contributed by atoms with Crippen LogP contribution >= 0.6 is 11.6 Å². The first-order chi connectivity index (χ1) is 11.4. The summed E-state index contributed by atoms with van der Waals surface area (Å²) in [4.78, 5) is 12.3. The van der Waals surface area contributed by atoms with Crippen LogP contribution in [0.3, 0.4) is 0 Å². The number of carbonyl (C=O) groups excluding carboxylic acids is 1. The van der Waals surface area contributed by atoms with Crippen molar-refractivity contribution in [2.75, 3.05) is 0 Å². The van der Waals surface area contributed by atoms with Crippen molar-refractivity contribution in [3.8, 4) is 5.75 Å². The SMILES string of the molecule is CCc1ccc([C@@H](C)NC(=O)[C@@H](C)Oc2ccc(Cl)c(C)c2)cc1. The zero-order valence-corrected chi connectivity index (χ0v) is 15.4. The first-order valence-electron chi connectivity index (χ1n) is 8.22. The van der Waals surface area contributed by atoms with Crippen molar-refractivity contribution in [3.05, 3.63) is 64.2 Å². The van der Waals surface area contributed by atoms with Crippen LogP contribution in [0.15, 0.2) is 42.5 Å². The quantitative estimate of drug-likeness (QED) is 0.812. The molecular formula is C20H24ClNO2. The molecular weight excluding hydrogens is 322 g/mol. The molecule has 0 radical (unpaired) electrons. The Bertz CT molecular complexity index is 697. The van der Waals surface area contributed by atoms with Gasteiger partial charge in [0.25, 0.3) is 5.91 Å². The number of hydrogen-bond donors (Lipinski definition) is 1. The van der Waals surface area contributed by atoms with E-state index in [0.717, 1.165) is 17.5 Å². The van der Waals surface area contributed by atoms with Gasteiger partial charge in [-0.1, -0.05) is 42.8 Å². The van der Waals surface area contributed by atoms with E-state index in [9.17, 15) is 4.79 Å². The Kier molecular flexibility index (Phi) is 6.27. The van der Waals surface area contributed by atoms with Gasteiger partial charge in [-0.25, -0.2) is 0 Å². The number of benzene rings is 2. The molecule has 0 heterocycles. The second-order valence-corrected chi connectivity index (χ2v) is 6.40. The molecule has 1 amide bonds. The largest absolute Gasteiger partial charge is 0.481 e. The Balaban J connectivity index is 1.95. The van der Waals surface area contributed by atoms with Crippen LogP contribution in [0.4, 0.5) is 0 Å². The van der Waals surface area contributed by atoms with Gasteiger partial charge in [-0.3, -0.25) is 4.79 Å². The van der Waals surface area contributed by atoms with Gasteiger partial charge in [-0.2, -0.15) is 0 Å². The fraction of sp³-hybridized carbons (Fsp3) is 0.350. The number of amides is 1. The summed E-state index contributed by atoms with van der Waals surface area (Å²) in [7, 11) is 0. The molecule has 3 nitrogen and oxygen atoms in total. The van der Waals surface area contributed by atoms with E-state index in [0.29, 0.717) is 10.8 Å². The molecule has 2 aromatic carbocycles. The van der Waals surface area contributed by atoms with E-state index in [4.69, 9.17) is 16.3 Å². The van der Waals surface area contributed by atoms with Gasteiger partial charge < -0.3 is 10.1 Å². The Morgan fingerprint density at radius 3 is 2.42 bits per heavy atom. The lowest BCUT2D eigenvalue weighted by molar-refractivity contribution is -0.127. The third kappa shape index (κ3) is 4.75. The second kappa shape index (κ2) is 8.20. The lowest BCUT2D eigenvalue weighted by atomic mass is 10.0. The van der Waals surface area contributed by atoms with Crippen LogP contribution in [0, 0.1) is 6.92 Å². The number of nitrogens with one attached hydrogen (secondary N) is 1. The highest BCUT2D eigenvalue weighted by Gasteiger charge is 2.18. The lowest BCUT2D eigenvalue weighted by Gasteiger charge is -2.19. The topological polar surface area (TPSA) is 38.3 Å². The highest BCUT2D eigenvalue weighted by Crippen LogP contribution is 2.22. The number of rotatable bonds is 6. The molecule has 2 rings (SSSR count). The molecule has 4 heteroatoms. The van der Waals surface area contributed by atoms with Crippen molar-refractivity contribution in [1.82, 2.24) is 5.32 Å². The van der Waals surface area contributed by atoms with Gasteiger partial charge in [-0.15, -0.1) is 0 Å². The predicted octanol–water partition coefficient (Wildman–Crippen LogP) is 4.86. The zero-order valence-electron chi connectivity index (χ0n) is 14.6. The molecule has 0 aromatic heterocycles. The minimum atomic E-state index is -0.581. The van der Waals surface area contributed by atoms with E-state index >= 15 is 0 Å². The number of halogens is 1. The summed E-state index contributed by atoms with van der Waals surface area (Å²) < 4.78 is 5.71. The fourth-order valence-electron chi connectivity index (χ4n) is 2.40. The summed E-state index contributed by atoms with van der Waals surface area (Å²) in [6.45, 7) is 7.74. The first kappa shape index (κ1) is 18.3. The normalized spacial score (nSPS) is 13.2. The van der Waals surface area contributed by atoms with Gasteiger partial charge in [-0.05, 0) is 62.1 Å². The van der Waals surface area contributed by atoms with Crippen molar-refractivity contribution < 1.29 is 9.53 Å². The molecule has 0 saturated carbocycles. The molecule has 1 N–H and O–H groups in total. The predicted molar refractivity (Wildman–Crippen MR) is 98.7 cm³/mol. The highest BCUT2D eigenvalue weighted by atomic mass is 35.5. The van der Waals surface area contributed by atoms with E-state index in [1.807, 2.05) is 19.9 Å². The average Bonchev–Trinajstić information content (AvgIpc) is 2.58. The van der Waals surface area contributed by atoms with Crippen LogP contribution in [0.1, 0.15) is 43.5 Å². The lowest BCUT2D eigenvalue weighted by Crippen LogP contribution is -2.37. The Morgan fingerprint density at radius 1 is 1.17 bits per heavy atom. The van der Waals surface area contributed by atoms with Crippen molar-refractivity contribution in [2.24, 2.45) is 0 Å². The van der Waals surface area contributed by atoms with Gasteiger partial charge >= 0.3 is 0 Å². The minimum absolute atomic E-state index is 0.0681. The van der Waals surface area contributed by atoms with Crippen molar-refractivity contribution >= 4 is 17.5 Å². The van der Waals surface area contributed by atoms with E-state index in [1.54, 1.807) is 19.1 Å². The minimum Gasteiger partial charge on any atom is -0.481 e. The molecule has 0 unspecified atom stereocenters. The van der Waals surface area contributed by atoms with Crippen molar-refractivity contribution in [2.45, 2.75) is 46.3 Å². The Morgan fingerprint density at radius 2 is 1.83 bits per heavy atom.